The first-order valence-corrected chi connectivity index (χ1v) is 6.27. The second-order valence-electron chi connectivity index (χ2n) is 3.74. The molecule has 0 saturated heterocycles. The first-order chi connectivity index (χ1) is 9.51. The minimum absolute atomic E-state index is 0.0828. The van der Waals surface area contributed by atoms with Gasteiger partial charge in [0.15, 0.2) is 0 Å². The molecule has 1 aromatic carbocycles. The summed E-state index contributed by atoms with van der Waals surface area (Å²) in [6, 6.07) is 4.55. The molecule has 0 N–H and O–H groups in total. The molecular formula is C13H12ClF2NO3. The van der Waals surface area contributed by atoms with Crippen LogP contribution in [0.1, 0.15) is 23.6 Å². The highest BCUT2D eigenvalue weighted by Crippen LogP contribution is 2.28. The van der Waals surface area contributed by atoms with Crippen LogP contribution in [0.15, 0.2) is 12.1 Å². The number of esters is 1. The molecule has 0 atom stereocenters. The van der Waals surface area contributed by atoms with E-state index in [1.54, 1.807) is 13.0 Å². The van der Waals surface area contributed by atoms with Crippen molar-refractivity contribution in [1.29, 1.82) is 5.26 Å². The molecule has 0 aromatic heterocycles. The molecule has 0 heterocycles. The van der Waals surface area contributed by atoms with Gasteiger partial charge in [-0.25, -0.2) is 0 Å². The van der Waals surface area contributed by atoms with Gasteiger partial charge in [0, 0.05) is 11.4 Å². The number of alkyl halides is 3. The molecule has 0 radical (unpaired) electrons. The van der Waals surface area contributed by atoms with Crippen LogP contribution in [0.2, 0.25) is 0 Å². The van der Waals surface area contributed by atoms with E-state index in [2.05, 4.69) is 4.74 Å². The van der Waals surface area contributed by atoms with Crippen molar-refractivity contribution in [2.45, 2.75) is 25.8 Å². The minimum Gasteiger partial charge on any atom is -0.466 e. The lowest BCUT2D eigenvalue weighted by atomic mass is 10.0. The van der Waals surface area contributed by atoms with Gasteiger partial charge in [-0.15, -0.1) is 11.6 Å². The van der Waals surface area contributed by atoms with Gasteiger partial charge in [0.1, 0.15) is 11.8 Å². The lowest BCUT2D eigenvalue weighted by Crippen LogP contribution is -2.12. The molecule has 0 bridgehead atoms. The molecule has 0 unspecified atom stereocenters. The summed E-state index contributed by atoms with van der Waals surface area (Å²) in [6.07, 6.45) is -0.269. The number of carbonyl (C=O) groups is 1. The van der Waals surface area contributed by atoms with Crippen LogP contribution in [0.25, 0.3) is 0 Å². The van der Waals surface area contributed by atoms with Crippen LogP contribution in [0.5, 0.6) is 5.75 Å². The van der Waals surface area contributed by atoms with Crippen LogP contribution < -0.4 is 4.74 Å². The maximum absolute atomic E-state index is 12.4. The molecule has 0 aliphatic rings. The Kier molecular flexibility index (Phi) is 6.19. The van der Waals surface area contributed by atoms with Crippen molar-refractivity contribution < 1.29 is 23.0 Å². The van der Waals surface area contributed by atoms with Crippen molar-refractivity contribution in [2.24, 2.45) is 0 Å². The Morgan fingerprint density at radius 3 is 2.70 bits per heavy atom. The van der Waals surface area contributed by atoms with Gasteiger partial charge in [-0.05, 0) is 18.6 Å². The molecule has 0 saturated carbocycles. The summed E-state index contributed by atoms with van der Waals surface area (Å²) in [6.45, 7) is -1.29. The van der Waals surface area contributed by atoms with Gasteiger partial charge in [-0.2, -0.15) is 14.0 Å². The van der Waals surface area contributed by atoms with Crippen LogP contribution in [0.3, 0.4) is 0 Å². The van der Waals surface area contributed by atoms with Crippen molar-refractivity contribution >= 4 is 17.6 Å². The average molecular weight is 304 g/mol. The van der Waals surface area contributed by atoms with Gasteiger partial charge in [-0.1, -0.05) is 6.07 Å². The third-order valence-electron chi connectivity index (χ3n) is 2.35. The van der Waals surface area contributed by atoms with Crippen LogP contribution in [0, 0.1) is 11.3 Å². The number of benzene rings is 1. The third kappa shape index (κ3) is 4.35. The number of nitrogens with zero attached hydrogens (tertiary/aromatic N) is 1. The molecule has 0 spiro atoms. The molecule has 108 valence electrons. The quantitative estimate of drug-likeness (QED) is 0.599. The first kappa shape index (κ1) is 16.2. The highest BCUT2D eigenvalue weighted by atomic mass is 35.5. The minimum atomic E-state index is -3.09. The smallest absolute Gasteiger partial charge is 0.387 e. The Labute approximate surface area is 119 Å². The van der Waals surface area contributed by atoms with Gasteiger partial charge >= 0.3 is 12.6 Å². The fourth-order valence-electron chi connectivity index (χ4n) is 1.64. The summed E-state index contributed by atoms with van der Waals surface area (Å²) in [5.41, 5.74) is 0.588. The lowest BCUT2D eigenvalue weighted by molar-refractivity contribution is -0.142. The van der Waals surface area contributed by atoms with Crippen molar-refractivity contribution in [2.75, 3.05) is 6.61 Å². The maximum atomic E-state index is 12.4. The predicted molar refractivity (Wildman–Crippen MR) is 67.7 cm³/mol. The van der Waals surface area contributed by atoms with Gasteiger partial charge in [0.05, 0.1) is 18.6 Å². The van der Waals surface area contributed by atoms with Gasteiger partial charge in [0.25, 0.3) is 0 Å². The van der Waals surface area contributed by atoms with Crippen LogP contribution >= 0.6 is 11.6 Å². The number of rotatable bonds is 6. The number of carbonyl (C=O) groups excluding carboxylic acids is 1. The van der Waals surface area contributed by atoms with Gasteiger partial charge < -0.3 is 9.47 Å². The topological polar surface area (TPSA) is 59.3 Å². The van der Waals surface area contributed by atoms with Crippen LogP contribution in [-0.4, -0.2) is 19.2 Å². The van der Waals surface area contributed by atoms with E-state index >= 15 is 0 Å². The molecule has 4 nitrogen and oxygen atoms in total. The van der Waals surface area contributed by atoms with Crippen LogP contribution in [0.4, 0.5) is 8.78 Å². The van der Waals surface area contributed by atoms with E-state index in [1.807, 2.05) is 0 Å². The van der Waals surface area contributed by atoms with E-state index < -0.39 is 12.6 Å². The highest BCUT2D eigenvalue weighted by molar-refractivity contribution is 6.17. The van der Waals surface area contributed by atoms with E-state index in [0.29, 0.717) is 5.56 Å². The van der Waals surface area contributed by atoms with Crippen molar-refractivity contribution in [1.82, 2.24) is 0 Å². The van der Waals surface area contributed by atoms with E-state index in [-0.39, 0.29) is 35.8 Å². The summed E-state index contributed by atoms with van der Waals surface area (Å²) >= 11 is 5.67. The fourth-order valence-corrected chi connectivity index (χ4v) is 1.80. The molecule has 1 aromatic rings. The number of ether oxygens (including phenoxy) is 2. The number of hydrogen-bond donors (Lipinski definition) is 0. The number of hydrogen-bond acceptors (Lipinski definition) is 4. The van der Waals surface area contributed by atoms with E-state index in [4.69, 9.17) is 21.6 Å². The summed E-state index contributed by atoms with van der Waals surface area (Å²) in [7, 11) is 0. The molecule has 7 heteroatoms. The molecule has 0 fully saturated rings. The molecule has 0 aliphatic heterocycles. The number of halogens is 3. The fraction of sp³-hybridized carbons (Fsp3) is 0.385. The monoisotopic (exact) mass is 303 g/mol. The zero-order chi connectivity index (χ0) is 15.1. The van der Waals surface area contributed by atoms with Gasteiger partial charge in [0.2, 0.25) is 0 Å². The Morgan fingerprint density at radius 1 is 1.50 bits per heavy atom. The third-order valence-corrected chi connectivity index (χ3v) is 2.66. The normalized spacial score (nSPS) is 10.2. The Hall–Kier alpha value is -1.87. The van der Waals surface area contributed by atoms with E-state index in [0.717, 1.165) is 0 Å². The standard InChI is InChI=1S/C13H12ClF2NO3/c1-2-19-11(18)5-9-3-8(6-14)4-10(7-17)12(9)20-13(15)16/h3-4,13H,2,5-6H2,1H3. The van der Waals surface area contributed by atoms with Gasteiger partial charge in [-0.3, -0.25) is 4.79 Å². The Bertz CT molecular complexity index is 529. The molecule has 20 heavy (non-hydrogen) atoms. The molecule has 0 amide bonds. The summed E-state index contributed by atoms with van der Waals surface area (Å²) in [5, 5.41) is 8.98. The second-order valence-corrected chi connectivity index (χ2v) is 4.00. The van der Waals surface area contributed by atoms with Crippen molar-refractivity contribution in [3.05, 3.63) is 28.8 Å². The molecule has 0 aliphatic carbocycles. The Balaban J connectivity index is 3.22. The largest absolute Gasteiger partial charge is 0.466 e. The van der Waals surface area contributed by atoms with Crippen molar-refractivity contribution in [3.63, 3.8) is 0 Å². The zero-order valence-corrected chi connectivity index (χ0v) is 11.4. The second kappa shape index (κ2) is 7.65. The van der Waals surface area contributed by atoms with Crippen LogP contribution in [-0.2, 0) is 21.8 Å². The highest BCUT2D eigenvalue weighted by Gasteiger charge is 2.18. The maximum Gasteiger partial charge on any atom is 0.387 e. The van der Waals surface area contributed by atoms with E-state index in [1.165, 1.54) is 12.1 Å². The average Bonchev–Trinajstić information content (AvgIpc) is 2.40. The summed E-state index contributed by atoms with van der Waals surface area (Å²) in [5.74, 6) is -0.828. The Morgan fingerprint density at radius 2 is 2.20 bits per heavy atom. The van der Waals surface area contributed by atoms with Crippen molar-refractivity contribution in [3.8, 4) is 11.8 Å². The molecular weight excluding hydrogens is 292 g/mol. The van der Waals surface area contributed by atoms with E-state index in [9.17, 15) is 13.6 Å². The predicted octanol–water partition coefficient (Wildman–Crippen LogP) is 3.00. The first-order valence-electron chi connectivity index (χ1n) is 5.74. The summed E-state index contributed by atoms with van der Waals surface area (Å²) in [4.78, 5) is 11.5. The lowest BCUT2D eigenvalue weighted by Gasteiger charge is -2.13. The summed E-state index contributed by atoms with van der Waals surface area (Å²) < 4.78 is 33.9. The number of nitriles is 1. The molecule has 1 rings (SSSR count). The zero-order valence-electron chi connectivity index (χ0n) is 10.7. The SMILES string of the molecule is CCOC(=O)Cc1cc(CCl)cc(C#N)c1OC(F)F.